The fourth-order valence-corrected chi connectivity index (χ4v) is 2.03. The van der Waals surface area contributed by atoms with Gasteiger partial charge in [-0.1, -0.05) is 25.1 Å². The monoisotopic (exact) mass is 259 g/mol. The number of likely N-dealkylation sites (N-methyl/N-ethyl adjacent to an activating group) is 1. The molecule has 1 heterocycles. The Morgan fingerprint density at radius 1 is 1.32 bits per heavy atom. The molecular weight excluding hydrogens is 238 g/mol. The summed E-state index contributed by atoms with van der Waals surface area (Å²) >= 11 is 0. The SMILES string of the molecule is CCC(O)CN(C)Cc1cnn(-c2ccccc2)c1. The zero-order valence-electron chi connectivity index (χ0n) is 11.5. The highest BCUT2D eigenvalue weighted by Crippen LogP contribution is 2.09. The molecule has 0 aliphatic carbocycles. The Hall–Kier alpha value is -1.65. The highest BCUT2D eigenvalue weighted by molar-refractivity contribution is 5.30. The van der Waals surface area contributed by atoms with Gasteiger partial charge in [-0.15, -0.1) is 0 Å². The lowest BCUT2D eigenvalue weighted by molar-refractivity contribution is 0.119. The van der Waals surface area contributed by atoms with Gasteiger partial charge in [0.25, 0.3) is 0 Å². The molecular formula is C15H21N3O. The van der Waals surface area contributed by atoms with Crippen LogP contribution in [0.1, 0.15) is 18.9 Å². The lowest BCUT2D eigenvalue weighted by Gasteiger charge is -2.18. The van der Waals surface area contributed by atoms with Crippen LogP contribution in [0, 0.1) is 0 Å². The topological polar surface area (TPSA) is 41.3 Å². The molecule has 1 unspecified atom stereocenters. The Bertz CT molecular complexity index is 495. The second-order valence-corrected chi connectivity index (χ2v) is 4.89. The van der Waals surface area contributed by atoms with E-state index in [1.54, 1.807) is 0 Å². The molecule has 1 aromatic heterocycles. The number of nitrogens with zero attached hydrogens (tertiary/aromatic N) is 3. The van der Waals surface area contributed by atoms with Crippen molar-refractivity contribution in [2.24, 2.45) is 0 Å². The van der Waals surface area contributed by atoms with Crippen molar-refractivity contribution in [3.05, 3.63) is 48.3 Å². The molecule has 4 nitrogen and oxygen atoms in total. The van der Waals surface area contributed by atoms with Gasteiger partial charge in [0.05, 0.1) is 18.0 Å². The van der Waals surface area contributed by atoms with E-state index in [0.29, 0.717) is 6.54 Å². The minimum Gasteiger partial charge on any atom is -0.392 e. The summed E-state index contributed by atoms with van der Waals surface area (Å²) in [6, 6.07) is 10.1. The summed E-state index contributed by atoms with van der Waals surface area (Å²) < 4.78 is 1.87. The van der Waals surface area contributed by atoms with E-state index in [-0.39, 0.29) is 6.10 Å². The predicted octanol–water partition coefficient (Wildman–Crippen LogP) is 2.08. The third kappa shape index (κ3) is 3.91. The van der Waals surface area contributed by atoms with Crippen molar-refractivity contribution in [2.75, 3.05) is 13.6 Å². The van der Waals surface area contributed by atoms with Crippen LogP contribution in [-0.2, 0) is 6.54 Å². The summed E-state index contributed by atoms with van der Waals surface area (Å²) in [4.78, 5) is 2.11. The first-order valence-corrected chi connectivity index (χ1v) is 6.64. The van der Waals surface area contributed by atoms with E-state index in [0.717, 1.165) is 24.2 Å². The van der Waals surface area contributed by atoms with Crippen molar-refractivity contribution < 1.29 is 5.11 Å². The van der Waals surface area contributed by atoms with Crippen LogP contribution in [0.5, 0.6) is 0 Å². The smallest absolute Gasteiger partial charge is 0.0664 e. The van der Waals surface area contributed by atoms with E-state index in [2.05, 4.69) is 10.00 Å². The van der Waals surface area contributed by atoms with Crippen LogP contribution in [0.2, 0.25) is 0 Å². The van der Waals surface area contributed by atoms with Crippen LogP contribution < -0.4 is 0 Å². The molecule has 4 heteroatoms. The Kier molecular flexibility index (Phi) is 4.71. The van der Waals surface area contributed by atoms with Gasteiger partial charge in [-0.25, -0.2) is 4.68 Å². The van der Waals surface area contributed by atoms with Crippen molar-refractivity contribution in [1.29, 1.82) is 0 Å². The number of aliphatic hydroxyl groups excluding tert-OH is 1. The molecule has 102 valence electrons. The van der Waals surface area contributed by atoms with Crippen molar-refractivity contribution in [1.82, 2.24) is 14.7 Å². The molecule has 1 N–H and O–H groups in total. The minimum atomic E-state index is -0.255. The van der Waals surface area contributed by atoms with E-state index < -0.39 is 0 Å². The Morgan fingerprint density at radius 2 is 2.05 bits per heavy atom. The predicted molar refractivity (Wildman–Crippen MR) is 76.2 cm³/mol. The molecule has 2 rings (SSSR count). The maximum Gasteiger partial charge on any atom is 0.0664 e. The van der Waals surface area contributed by atoms with Crippen LogP contribution in [0.3, 0.4) is 0 Å². The summed E-state index contributed by atoms with van der Waals surface area (Å²) in [5.74, 6) is 0. The molecule has 0 spiro atoms. The first-order chi connectivity index (χ1) is 9.19. The number of hydrogen-bond acceptors (Lipinski definition) is 3. The Morgan fingerprint density at radius 3 is 2.74 bits per heavy atom. The van der Waals surface area contributed by atoms with E-state index in [9.17, 15) is 5.11 Å². The van der Waals surface area contributed by atoms with Crippen LogP contribution in [0.15, 0.2) is 42.7 Å². The van der Waals surface area contributed by atoms with Crippen molar-refractivity contribution in [2.45, 2.75) is 26.0 Å². The van der Waals surface area contributed by atoms with Gasteiger partial charge in [0.15, 0.2) is 0 Å². The molecule has 19 heavy (non-hydrogen) atoms. The van der Waals surface area contributed by atoms with Gasteiger partial charge in [0.1, 0.15) is 0 Å². The van der Waals surface area contributed by atoms with Gasteiger partial charge in [-0.2, -0.15) is 5.10 Å². The molecule has 0 aliphatic heterocycles. The molecule has 0 amide bonds. The molecule has 1 atom stereocenters. The van der Waals surface area contributed by atoms with E-state index >= 15 is 0 Å². The van der Waals surface area contributed by atoms with Crippen LogP contribution >= 0.6 is 0 Å². The number of rotatable bonds is 6. The average Bonchev–Trinajstić information content (AvgIpc) is 2.88. The molecule has 0 saturated heterocycles. The zero-order valence-corrected chi connectivity index (χ0v) is 11.5. The highest BCUT2D eigenvalue weighted by Gasteiger charge is 2.08. The molecule has 0 radical (unpaired) electrons. The summed E-state index contributed by atoms with van der Waals surface area (Å²) in [5, 5.41) is 14.0. The number of para-hydroxylation sites is 1. The van der Waals surface area contributed by atoms with Crippen LogP contribution in [0.25, 0.3) is 5.69 Å². The molecule has 0 bridgehead atoms. The van der Waals surface area contributed by atoms with Gasteiger partial charge in [0, 0.05) is 24.8 Å². The van der Waals surface area contributed by atoms with Crippen LogP contribution in [-0.4, -0.2) is 39.5 Å². The van der Waals surface area contributed by atoms with Gasteiger partial charge >= 0.3 is 0 Å². The van der Waals surface area contributed by atoms with Gasteiger partial charge < -0.3 is 5.11 Å². The third-order valence-electron chi connectivity index (χ3n) is 3.10. The molecule has 0 fully saturated rings. The summed E-state index contributed by atoms with van der Waals surface area (Å²) in [5.41, 5.74) is 2.21. The van der Waals surface area contributed by atoms with Crippen molar-refractivity contribution in [3.63, 3.8) is 0 Å². The first-order valence-electron chi connectivity index (χ1n) is 6.64. The molecule has 0 saturated carbocycles. The standard InChI is InChI=1S/C15H21N3O/c1-3-15(19)12-17(2)10-13-9-16-18(11-13)14-7-5-4-6-8-14/h4-9,11,15,19H,3,10,12H2,1-2H3. The third-order valence-corrected chi connectivity index (χ3v) is 3.10. The Labute approximate surface area is 114 Å². The lowest BCUT2D eigenvalue weighted by atomic mass is 10.2. The Balaban J connectivity index is 1.98. The van der Waals surface area contributed by atoms with E-state index in [4.69, 9.17) is 0 Å². The normalized spacial score (nSPS) is 12.8. The summed E-state index contributed by atoms with van der Waals surface area (Å²) in [7, 11) is 2.01. The van der Waals surface area contributed by atoms with E-state index in [1.165, 1.54) is 0 Å². The maximum absolute atomic E-state index is 9.63. The summed E-state index contributed by atoms with van der Waals surface area (Å²) in [6.45, 7) is 3.48. The van der Waals surface area contributed by atoms with Gasteiger partial charge in [-0.3, -0.25) is 4.90 Å². The van der Waals surface area contributed by atoms with Crippen LogP contribution in [0.4, 0.5) is 0 Å². The van der Waals surface area contributed by atoms with Gasteiger partial charge in [0.2, 0.25) is 0 Å². The molecule has 2 aromatic rings. The van der Waals surface area contributed by atoms with Gasteiger partial charge in [-0.05, 0) is 25.6 Å². The number of aromatic nitrogens is 2. The minimum absolute atomic E-state index is 0.255. The lowest BCUT2D eigenvalue weighted by Crippen LogP contribution is -2.28. The summed E-state index contributed by atoms with van der Waals surface area (Å²) in [6.07, 6.45) is 4.44. The number of benzene rings is 1. The quantitative estimate of drug-likeness (QED) is 0.863. The second kappa shape index (κ2) is 6.50. The largest absolute Gasteiger partial charge is 0.392 e. The fourth-order valence-electron chi connectivity index (χ4n) is 2.03. The molecule has 1 aromatic carbocycles. The second-order valence-electron chi connectivity index (χ2n) is 4.89. The maximum atomic E-state index is 9.63. The first kappa shape index (κ1) is 13.8. The zero-order chi connectivity index (χ0) is 13.7. The van der Waals surface area contributed by atoms with Crippen molar-refractivity contribution in [3.8, 4) is 5.69 Å². The fraction of sp³-hybridized carbons (Fsp3) is 0.400. The number of hydrogen-bond donors (Lipinski definition) is 1. The molecule has 0 aliphatic rings. The van der Waals surface area contributed by atoms with Crippen molar-refractivity contribution >= 4 is 0 Å². The highest BCUT2D eigenvalue weighted by atomic mass is 16.3. The number of aliphatic hydroxyl groups is 1. The average molecular weight is 259 g/mol. The van der Waals surface area contributed by atoms with E-state index in [1.807, 2.05) is 61.4 Å².